The summed E-state index contributed by atoms with van der Waals surface area (Å²) in [5.41, 5.74) is 3.30. The number of β-lactam (4-membered cyclic amide) rings is 1. The summed E-state index contributed by atoms with van der Waals surface area (Å²) < 4.78 is 26.4. The molecule has 1 unspecified atom stereocenters. The van der Waals surface area contributed by atoms with Crippen LogP contribution >= 0.6 is 11.3 Å². The number of carbonyl (C=O) groups excluding carboxylic acids is 3. The number of imidazole rings is 1. The van der Waals surface area contributed by atoms with E-state index in [-0.39, 0.29) is 17.4 Å². The number of oxime groups is 1. The van der Waals surface area contributed by atoms with Gasteiger partial charge in [-0.2, -0.15) is 8.42 Å². The summed E-state index contributed by atoms with van der Waals surface area (Å²) in [6, 6.07) is -2.42. The SMILES string of the molecule is CC(C)(O/N=C(\C(=O)NC1CN(C(=O)NS(=O)(=O)n2ccnc2)C1=O)c1csc(N)n1)C(=O)O. The number of carboxylic acid groups (broad SMARTS) is 1. The molecule has 3 rings (SSSR count). The van der Waals surface area contributed by atoms with Gasteiger partial charge in [0.1, 0.15) is 18.1 Å². The molecule has 1 aliphatic heterocycles. The first-order valence-corrected chi connectivity index (χ1v) is 11.5. The number of carbonyl (C=O) groups is 4. The van der Waals surface area contributed by atoms with E-state index in [1.807, 2.05) is 0 Å². The van der Waals surface area contributed by atoms with Crippen molar-refractivity contribution in [3.8, 4) is 0 Å². The molecule has 2 aromatic rings. The molecule has 2 aromatic heterocycles. The van der Waals surface area contributed by atoms with Crippen molar-refractivity contribution in [3.05, 3.63) is 29.8 Å². The van der Waals surface area contributed by atoms with Crippen LogP contribution in [0.5, 0.6) is 0 Å². The number of aromatic nitrogens is 3. The standard InChI is InChI=1S/C16H18N8O8S2/c1-16(2,13(27)28)32-21-10(9-6-33-14(17)20-9)11(25)19-8-5-24(12(8)26)15(29)22-34(30,31)23-4-3-18-7-23/h3-4,6-8H,5H2,1-2H3,(H2,17,20)(H,19,25)(H,22,29)(H,27,28)/b21-10-. The lowest BCUT2D eigenvalue weighted by atomic mass is 10.1. The molecule has 1 fully saturated rings. The van der Waals surface area contributed by atoms with E-state index >= 15 is 0 Å². The number of nitrogens with zero attached hydrogens (tertiary/aromatic N) is 5. The number of thiazole rings is 1. The molecule has 0 spiro atoms. The molecule has 0 saturated carbocycles. The number of aliphatic carboxylic acids is 1. The highest BCUT2D eigenvalue weighted by atomic mass is 32.2. The predicted molar refractivity (Wildman–Crippen MR) is 115 cm³/mol. The van der Waals surface area contributed by atoms with Gasteiger partial charge in [0.2, 0.25) is 5.60 Å². The van der Waals surface area contributed by atoms with Gasteiger partial charge in [0.25, 0.3) is 11.8 Å². The topological polar surface area (TPSA) is 228 Å². The average molecular weight is 515 g/mol. The fraction of sp³-hybridized carbons (Fsp3) is 0.312. The summed E-state index contributed by atoms with van der Waals surface area (Å²) in [6.07, 6.45) is 3.20. The number of nitrogens with one attached hydrogen (secondary N) is 2. The highest BCUT2D eigenvalue weighted by molar-refractivity contribution is 7.88. The Kier molecular flexibility index (Phi) is 6.55. The van der Waals surface area contributed by atoms with E-state index in [2.05, 4.69) is 20.4 Å². The number of likely N-dealkylation sites (tertiary alicyclic amines) is 1. The largest absolute Gasteiger partial charge is 0.478 e. The van der Waals surface area contributed by atoms with Crippen LogP contribution in [0.1, 0.15) is 19.5 Å². The van der Waals surface area contributed by atoms with Crippen molar-refractivity contribution in [3.63, 3.8) is 0 Å². The normalized spacial score (nSPS) is 16.5. The van der Waals surface area contributed by atoms with Crippen LogP contribution in [-0.4, -0.2) is 80.1 Å². The van der Waals surface area contributed by atoms with Crippen LogP contribution < -0.4 is 15.8 Å². The summed E-state index contributed by atoms with van der Waals surface area (Å²) in [6.45, 7) is 2.06. The summed E-state index contributed by atoms with van der Waals surface area (Å²) in [5.74, 6) is -3.21. The van der Waals surface area contributed by atoms with E-state index in [0.29, 0.717) is 8.87 Å². The Morgan fingerprint density at radius 1 is 1.38 bits per heavy atom. The van der Waals surface area contributed by atoms with E-state index in [0.717, 1.165) is 23.9 Å². The quantitative estimate of drug-likeness (QED) is 0.177. The third-order valence-electron chi connectivity index (χ3n) is 4.31. The number of imide groups is 1. The molecule has 18 heteroatoms. The Labute approximate surface area is 195 Å². The molecule has 1 saturated heterocycles. The Bertz CT molecular complexity index is 1270. The zero-order chi connectivity index (χ0) is 25.3. The van der Waals surface area contributed by atoms with Gasteiger partial charge in [-0.25, -0.2) is 28.3 Å². The highest BCUT2D eigenvalue weighted by Gasteiger charge is 2.43. The van der Waals surface area contributed by atoms with Gasteiger partial charge in [0, 0.05) is 17.8 Å². The zero-order valence-electron chi connectivity index (χ0n) is 17.5. The maximum absolute atomic E-state index is 12.7. The van der Waals surface area contributed by atoms with Crippen molar-refractivity contribution >= 4 is 56.2 Å². The highest BCUT2D eigenvalue weighted by Crippen LogP contribution is 2.16. The second-order valence-electron chi connectivity index (χ2n) is 7.20. The van der Waals surface area contributed by atoms with Gasteiger partial charge in [-0.15, -0.1) is 11.3 Å². The van der Waals surface area contributed by atoms with E-state index < -0.39 is 51.4 Å². The van der Waals surface area contributed by atoms with Crippen molar-refractivity contribution in [2.24, 2.45) is 5.16 Å². The Hall–Kier alpha value is -4.06. The third-order valence-corrected chi connectivity index (χ3v) is 6.19. The smallest absolute Gasteiger partial charge is 0.350 e. The molecule has 0 aliphatic carbocycles. The molecule has 0 bridgehead atoms. The van der Waals surface area contributed by atoms with Gasteiger partial charge in [-0.1, -0.05) is 5.16 Å². The molecular weight excluding hydrogens is 496 g/mol. The molecule has 182 valence electrons. The minimum Gasteiger partial charge on any atom is -0.478 e. The first-order valence-electron chi connectivity index (χ1n) is 9.20. The van der Waals surface area contributed by atoms with Crippen LogP contribution in [0.2, 0.25) is 0 Å². The minimum absolute atomic E-state index is 0.0333. The zero-order valence-corrected chi connectivity index (χ0v) is 19.2. The maximum atomic E-state index is 12.7. The fourth-order valence-electron chi connectivity index (χ4n) is 2.35. The summed E-state index contributed by atoms with van der Waals surface area (Å²) in [5, 5.41) is 16.5. The minimum atomic E-state index is -4.31. The number of anilines is 1. The number of nitrogen functional groups attached to an aromatic ring is 1. The molecule has 3 heterocycles. The molecule has 0 aromatic carbocycles. The third kappa shape index (κ3) is 5.12. The first kappa shape index (κ1) is 24.6. The number of carboxylic acids is 1. The van der Waals surface area contributed by atoms with Crippen molar-refractivity contribution in [2.75, 3.05) is 12.3 Å². The van der Waals surface area contributed by atoms with E-state index in [1.54, 1.807) is 4.72 Å². The molecular formula is C16H18N8O8S2. The lowest BCUT2D eigenvalue weighted by Crippen LogP contribution is -2.68. The Morgan fingerprint density at radius 2 is 2.09 bits per heavy atom. The number of rotatable bonds is 8. The summed E-state index contributed by atoms with van der Waals surface area (Å²) in [7, 11) is -4.31. The number of amides is 4. The van der Waals surface area contributed by atoms with Crippen molar-refractivity contribution in [1.29, 1.82) is 0 Å². The first-order chi connectivity index (χ1) is 15.8. The van der Waals surface area contributed by atoms with Gasteiger partial charge in [0.15, 0.2) is 10.8 Å². The van der Waals surface area contributed by atoms with E-state index in [4.69, 9.17) is 15.7 Å². The second kappa shape index (κ2) is 9.06. The number of nitrogens with two attached hydrogens (primary N) is 1. The van der Waals surface area contributed by atoms with Crippen LogP contribution in [0.15, 0.2) is 29.3 Å². The molecule has 5 N–H and O–H groups in total. The van der Waals surface area contributed by atoms with Crippen LogP contribution in [0.4, 0.5) is 9.93 Å². The number of urea groups is 1. The van der Waals surface area contributed by atoms with Crippen molar-refractivity contribution in [1.82, 2.24) is 28.9 Å². The monoisotopic (exact) mass is 514 g/mol. The summed E-state index contributed by atoms with van der Waals surface area (Å²) in [4.78, 5) is 61.4. The average Bonchev–Trinajstić information content (AvgIpc) is 3.42. The number of hydrogen-bond acceptors (Lipinski definition) is 12. The van der Waals surface area contributed by atoms with Crippen LogP contribution in [0.25, 0.3) is 0 Å². The van der Waals surface area contributed by atoms with E-state index in [1.165, 1.54) is 25.4 Å². The van der Waals surface area contributed by atoms with Crippen molar-refractivity contribution < 1.29 is 37.5 Å². The van der Waals surface area contributed by atoms with Gasteiger partial charge in [0.05, 0.1) is 6.54 Å². The predicted octanol–water partition coefficient (Wildman–Crippen LogP) is -1.66. The molecule has 34 heavy (non-hydrogen) atoms. The Morgan fingerprint density at radius 3 is 2.62 bits per heavy atom. The van der Waals surface area contributed by atoms with Crippen LogP contribution in [0.3, 0.4) is 0 Å². The van der Waals surface area contributed by atoms with Gasteiger partial charge >= 0.3 is 22.2 Å². The molecule has 1 aliphatic rings. The molecule has 16 nitrogen and oxygen atoms in total. The Balaban J connectivity index is 1.68. The van der Waals surface area contributed by atoms with Crippen molar-refractivity contribution in [2.45, 2.75) is 25.5 Å². The van der Waals surface area contributed by atoms with Crippen LogP contribution in [-0.2, 0) is 29.4 Å². The molecule has 1 atom stereocenters. The lowest BCUT2D eigenvalue weighted by molar-refractivity contribution is -0.161. The number of hydrogen-bond donors (Lipinski definition) is 4. The molecule has 0 radical (unpaired) electrons. The maximum Gasteiger partial charge on any atom is 0.350 e. The van der Waals surface area contributed by atoms with E-state index in [9.17, 15) is 27.6 Å². The van der Waals surface area contributed by atoms with Gasteiger partial charge in [-0.05, 0) is 13.8 Å². The van der Waals surface area contributed by atoms with Gasteiger partial charge < -0.3 is 21.0 Å². The van der Waals surface area contributed by atoms with Gasteiger partial charge in [-0.3, -0.25) is 14.5 Å². The fourth-order valence-corrected chi connectivity index (χ4v) is 3.73. The molecule has 4 amide bonds. The summed E-state index contributed by atoms with van der Waals surface area (Å²) >= 11 is 0.980. The van der Waals surface area contributed by atoms with Crippen LogP contribution in [0, 0.1) is 0 Å². The second-order valence-corrected chi connectivity index (χ2v) is 9.66. The lowest BCUT2D eigenvalue weighted by Gasteiger charge is -2.36.